The van der Waals surface area contributed by atoms with E-state index in [0.717, 1.165) is 16.9 Å². The van der Waals surface area contributed by atoms with Gasteiger partial charge in [-0.25, -0.2) is 0 Å². The van der Waals surface area contributed by atoms with Gasteiger partial charge in [0.2, 0.25) is 4.80 Å². The van der Waals surface area contributed by atoms with Crippen molar-refractivity contribution < 1.29 is 10.2 Å². The molecule has 1 heterocycles. The fraction of sp³-hybridized carbons (Fsp3) is 0.0714. The van der Waals surface area contributed by atoms with Crippen LogP contribution in [0.15, 0.2) is 35.3 Å². The lowest BCUT2D eigenvalue weighted by Gasteiger charge is -2.06. The number of hydrogen-bond acceptors (Lipinski definition) is 6. The maximum atomic E-state index is 10.0. The van der Waals surface area contributed by atoms with Crippen molar-refractivity contribution in [3.63, 3.8) is 0 Å². The molecule has 3 rings (SSSR count). The topological polar surface area (TPSA) is 78.6 Å². The number of aromatic hydroxyl groups is 2. The Balaban J connectivity index is 2.10. The fourth-order valence-corrected chi connectivity index (χ4v) is 3.08. The molecule has 1 aromatic heterocycles. The smallest absolute Gasteiger partial charge is 0.226 e. The summed E-state index contributed by atoms with van der Waals surface area (Å²) in [4.78, 5) is 4.69. The summed E-state index contributed by atoms with van der Waals surface area (Å²) >= 11 is 12.8. The Bertz CT molecular complexity index is 913. The van der Waals surface area contributed by atoms with Gasteiger partial charge in [0.05, 0.1) is 6.54 Å². The fourth-order valence-electron chi connectivity index (χ4n) is 1.83. The minimum atomic E-state index is -0.308. The summed E-state index contributed by atoms with van der Waals surface area (Å²) in [6.45, 7) is 0.436. The van der Waals surface area contributed by atoms with Crippen molar-refractivity contribution in [3.05, 3.63) is 50.7 Å². The number of phenols is 2. The van der Waals surface area contributed by atoms with Gasteiger partial charge >= 0.3 is 0 Å². The second kappa shape index (κ2) is 6.08. The van der Waals surface area contributed by atoms with Crippen molar-refractivity contribution in [1.29, 1.82) is 0 Å². The zero-order chi connectivity index (χ0) is 15.7. The van der Waals surface area contributed by atoms with Crippen LogP contribution >= 0.6 is 34.5 Å². The molecule has 0 atom stereocenters. The van der Waals surface area contributed by atoms with Gasteiger partial charge in [0.25, 0.3) is 0 Å². The largest absolute Gasteiger partial charge is 0.505 e. The van der Waals surface area contributed by atoms with Crippen LogP contribution in [0.2, 0.25) is 10.0 Å². The number of fused-ring (bicyclic) bond motifs is 1. The predicted octanol–water partition coefficient (Wildman–Crippen LogP) is 3.51. The van der Waals surface area contributed by atoms with Crippen molar-refractivity contribution in [2.75, 3.05) is 0 Å². The maximum Gasteiger partial charge on any atom is 0.226 e. The third-order valence-electron chi connectivity index (χ3n) is 2.93. The second-order valence-electron chi connectivity index (χ2n) is 4.39. The van der Waals surface area contributed by atoms with Crippen LogP contribution in [0.25, 0.3) is 10.2 Å². The molecule has 2 N–H and O–H groups in total. The number of benzene rings is 2. The molecule has 0 aliphatic rings. The molecule has 8 heteroatoms. The standard InChI is InChI=1S/C14H9Cl2N3O2S/c15-8-9(16)12(21)13-10(11(8)20)18-19-14(22-13)17-6-7-4-2-1-3-5-7/h1-5,20-21H,6H2. The van der Waals surface area contributed by atoms with Crippen LogP contribution in [0.1, 0.15) is 5.56 Å². The summed E-state index contributed by atoms with van der Waals surface area (Å²) < 4.78 is 0.286. The highest BCUT2D eigenvalue weighted by Gasteiger charge is 2.18. The molecular weight excluding hydrogens is 345 g/mol. The van der Waals surface area contributed by atoms with Gasteiger partial charge in [0.1, 0.15) is 14.7 Å². The number of halogens is 2. The molecule has 0 fully saturated rings. The monoisotopic (exact) mass is 353 g/mol. The van der Waals surface area contributed by atoms with E-state index in [4.69, 9.17) is 23.2 Å². The lowest BCUT2D eigenvalue weighted by Crippen LogP contribution is -2.06. The summed E-state index contributed by atoms with van der Waals surface area (Å²) in [7, 11) is 0. The molecule has 3 aromatic rings. The highest BCUT2D eigenvalue weighted by Crippen LogP contribution is 2.44. The summed E-state index contributed by atoms with van der Waals surface area (Å²) in [6, 6.07) is 9.66. The Morgan fingerprint density at radius 1 is 1.00 bits per heavy atom. The Hall–Kier alpha value is -1.89. The van der Waals surface area contributed by atoms with Gasteiger partial charge in [-0.05, 0) is 5.56 Å². The van der Waals surface area contributed by atoms with E-state index >= 15 is 0 Å². The molecule has 22 heavy (non-hydrogen) atoms. The number of hydrogen-bond donors (Lipinski definition) is 2. The lowest BCUT2D eigenvalue weighted by molar-refractivity contribution is 0.469. The molecule has 5 nitrogen and oxygen atoms in total. The van der Waals surface area contributed by atoms with Crippen LogP contribution in [0.5, 0.6) is 11.5 Å². The first-order valence-electron chi connectivity index (χ1n) is 6.18. The zero-order valence-electron chi connectivity index (χ0n) is 11.0. The summed E-state index contributed by atoms with van der Waals surface area (Å²) in [5, 5.41) is 27.5. The van der Waals surface area contributed by atoms with Gasteiger partial charge < -0.3 is 10.2 Å². The van der Waals surface area contributed by atoms with Crippen molar-refractivity contribution in [1.82, 2.24) is 10.2 Å². The molecule has 0 spiro atoms. The average Bonchev–Trinajstić information content (AvgIpc) is 2.57. The molecule has 112 valence electrons. The van der Waals surface area contributed by atoms with Gasteiger partial charge in [-0.3, -0.25) is 4.99 Å². The Labute approximate surface area is 139 Å². The first-order valence-corrected chi connectivity index (χ1v) is 7.76. The molecule has 0 amide bonds. The maximum absolute atomic E-state index is 10.0. The van der Waals surface area contributed by atoms with E-state index in [1.807, 2.05) is 30.3 Å². The number of rotatable bonds is 2. The van der Waals surface area contributed by atoms with E-state index in [0.29, 0.717) is 11.3 Å². The van der Waals surface area contributed by atoms with Gasteiger partial charge in [0.15, 0.2) is 17.0 Å². The molecule has 2 aromatic carbocycles. The molecular formula is C14H9Cl2N3O2S. The van der Waals surface area contributed by atoms with Gasteiger partial charge in [-0.15, -0.1) is 10.2 Å². The second-order valence-corrected chi connectivity index (χ2v) is 6.12. The Morgan fingerprint density at radius 3 is 2.41 bits per heavy atom. The van der Waals surface area contributed by atoms with Crippen LogP contribution in [0.4, 0.5) is 0 Å². The Morgan fingerprint density at radius 2 is 1.68 bits per heavy atom. The molecule has 0 aliphatic heterocycles. The third kappa shape index (κ3) is 2.72. The lowest BCUT2D eigenvalue weighted by atomic mass is 10.2. The summed E-state index contributed by atoms with van der Waals surface area (Å²) in [5.74, 6) is -0.548. The van der Waals surface area contributed by atoms with Crippen molar-refractivity contribution in [2.45, 2.75) is 6.54 Å². The molecule has 0 radical (unpaired) electrons. The molecule has 0 saturated heterocycles. The first-order chi connectivity index (χ1) is 10.6. The Kier molecular flexibility index (Phi) is 4.15. The van der Waals surface area contributed by atoms with E-state index in [1.54, 1.807) is 0 Å². The van der Waals surface area contributed by atoms with E-state index < -0.39 is 0 Å². The average molecular weight is 354 g/mol. The van der Waals surface area contributed by atoms with Gasteiger partial charge in [-0.1, -0.05) is 64.9 Å². The van der Waals surface area contributed by atoms with E-state index in [2.05, 4.69) is 15.2 Å². The van der Waals surface area contributed by atoms with E-state index in [1.165, 1.54) is 0 Å². The molecule has 0 saturated carbocycles. The highest BCUT2D eigenvalue weighted by molar-refractivity contribution is 7.16. The number of aromatic nitrogens is 2. The predicted molar refractivity (Wildman–Crippen MR) is 86.5 cm³/mol. The van der Waals surface area contributed by atoms with Crippen LogP contribution in [0.3, 0.4) is 0 Å². The number of phenolic OH excluding ortho intramolecular Hbond substituents is 2. The van der Waals surface area contributed by atoms with Gasteiger partial charge in [-0.2, -0.15) is 0 Å². The zero-order valence-corrected chi connectivity index (χ0v) is 13.3. The minimum Gasteiger partial charge on any atom is -0.505 e. The molecule has 0 aliphatic carbocycles. The van der Waals surface area contributed by atoms with Gasteiger partial charge in [0, 0.05) is 0 Å². The van der Waals surface area contributed by atoms with E-state index in [9.17, 15) is 10.2 Å². The van der Waals surface area contributed by atoms with E-state index in [-0.39, 0.29) is 31.8 Å². The normalized spacial score (nSPS) is 12.0. The van der Waals surface area contributed by atoms with Crippen LogP contribution < -0.4 is 4.80 Å². The first kappa shape index (κ1) is 15.0. The molecule has 0 unspecified atom stereocenters. The highest BCUT2D eigenvalue weighted by atomic mass is 35.5. The van der Waals surface area contributed by atoms with Crippen LogP contribution in [0, 0.1) is 0 Å². The summed E-state index contributed by atoms with van der Waals surface area (Å²) in [6.07, 6.45) is 0. The van der Waals surface area contributed by atoms with Crippen molar-refractivity contribution in [3.8, 4) is 11.5 Å². The SMILES string of the molecule is Oc1c(Cl)c(Cl)c(O)c2sc(=NCc3ccccc3)nnc12. The van der Waals surface area contributed by atoms with Crippen LogP contribution in [-0.4, -0.2) is 20.4 Å². The van der Waals surface area contributed by atoms with Crippen LogP contribution in [-0.2, 0) is 6.54 Å². The minimum absolute atomic E-state index is 0.0931. The molecule has 0 bridgehead atoms. The third-order valence-corrected chi connectivity index (χ3v) is 4.75. The van der Waals surface area contributed by atoms with Crippen molar-refractivity contribution >= 4 is 44.8 Å². The summed E-state index contributed by atoms with van der Waals surface area (Å²) in [5.41, 5.74) is 1.12. The number of nitrogens with zero attached hydrogens (tertiary/aromatic N) is 3. The quantitative estimate of drug-likeness (QED) is 0.691. The van der Waals surface area contributed by atoms with Crippen molar-refractivity contribution in [2.24, 2.45) is 4.99 Å².